The Kier molecular flexibility index (Phi) is 5.56. The van der Waals surface area contributed by atoms with E-state index in [4.69, 9.17) is 4.98 Å². The quantitative estimate of drug-likeness (QED) is 0.508. The Bertz CT molecular complexity index is 1350. The number of carbonyl (C=O) groups excluding carboxylic acids is 1. The monoisotopic (exact) mass is 443 g/mol. The zero-order valence-corrected chi connectivity index (χ0v) is 17.9. The lowest BCUT2D eigenvalue weighted by atomic mass is 10.1. The van der Waals surface area contributed by atoms with Crippen molar-refractivity contribution in [2.45, 2.75) is 32.4 Å². The molecule has 2 aromatic carbocycles. The molecule has 4 aromatic rings. The molecule has 0 atom stereocenters. The molecule has 0 saturated heterocycles. The maximum absolute atomic E-state index is 13.2. The fraction of sp³-hybridized carbons (Fsp3) is 0.200. The van der Waals surface area contributed by atoms with Crippen molar-refractivity contribution in [1.29, 1.82) is 0 Å². The molecule has 7 nitrogen and oxygen atoms in total. The highest BCUT2D eigenvalue weighted by Crippen LogP contribution is 2.29. The van der Waals surface area contributed by atoms with Crippen molar-refractivity contribution in [2.75, 3.05) is 5.32 Å². The molecular weight excluding hydrogens is 421 g/mol. The lowest BCUT2D eigenvalue weighted by molar-refractivity contribution is 0.102. The van der Waals surface area contributed by atoms with Crippen LogP contribution < -0.4 is 10.9 Å². The van der Waals surface area contributed by atoms with Gasteiger partial charge in [-0.25, -0.2) is 14.1 Å². The van der Waals surface area contributed by atoms with Gasteiger partial charge in [0.05, 0.1) is 17.9 Å². The molecule has 0 spiro atoms. The number of fused-ring (bicyclic) bond motifs is 1. The second kappa shape index (κ2) is 8.82. The van der Waals surface area contributed by atoms with Gasteiger partial charge in [0.2, 0.25) is 0 Å². The number of amides is 1. The molecule has 3 heterocycles. The summed E-state index contributed by atoms with van der Waals surface area (Å²) in [7, 11) is 0. The highest BCUT2D eigenvalue weighted by molar-refractivity contribution is 6.04. The first-order valence-corrected chi connectivity index (χ1v) is 10.9. The van der Waals surface area contributed by atoms with E-state index < -0.39 is 5.91 Å². The van der Waals surface area contributed by atoms with Crippen molar-refractivity contribution >= 4 is 11.6 Å². The average molecular weight is 443 g/mol. The Hall–Kier alpha value is -4.07. The molecule has 0 unspecified atom stereocenters. The number of rotatable bonds is 5. The number of benzene rings is 2. The summed E-state index contributed by atoms with van der Waals surface area (Å²) in [6.07, 6.45) is 5.25. The lowest BCUT2D eigenvalue weighted by Gasteiger charge is -2.11. The molecule has 166 valence electrons. The summed E-state index contributed by atoms with van der Waals surface area (Å²) in [6, 6.07) is 16.0. The molecule has 2 aromatic heterocycles. The van der Waals surface area contributed by atoms with E-state index in [2.05, 4.69) is 15.0 Å². The van der Waals surface area contributed by atoms with Crippen molar-refractivity contribution in [3.63, 3.8) is 0 Å². The van der Waals surface area contributed by atoms with Crippen LogP contribution in [0.1, 0.15) is 34.7 Å². The van der Waals surface area contributed by atoms with Crippen LogP contribution in [-0.2, 0) is 19.5 Å². The number of nitrogens with one attached hydrogen (secondary N) is 1. The van der Waals surface area contributed by atoms with Gasteiger partial charge in [0.1, 0.15) is 17.3 Å². The number of hydrogen-bond acceptors (Lipinski definition) is 4. The predicted octanol–water partition coefficient (Wildman–Crippen LogP) is 3.88. The summed E-state index contributed by atoms with van der Waals surface area (Å²) in [4.78, 5) is 30.0. The van der Waals surface area contributed by atoms with Crippen molar-refractivity contribution in [3.8, 4) is 11.3 Å². The van der Waals surface area contributed by atoms with Crippen molar-refractivity contribution < 1.29 is 9.18 Å². The Labute approximate surface area is 189 Å². The Morgan fingerprint density at radius 3 is 2.67 bits per heavy atom. The Morgan fingerprint density at radius 2 is 1.85 bits per heavy atom. The first-order chi connectivity index (χ1) is 16.1. The van der Waals surface area contributed by atoms with Gasteiger partial charge < -0.3 is 9.88 Å². The molecule has 1 N–H and O–H groups in total. The van der Waals surface area contributed by atoms with Crippen LogP contribution >= 0.6 is 0 Å². The number of imidazole rings is 1. The molecule has 8 heteroatoms. The normalized spacial score (nSPS) is 12.9. The number of aryl methyl sites for hydroxylation is 2. The summed E-state index contributed by atoms with van der Waals surface area (Å²) in [5.41, 5.74) is 2.73. The van der Waals surface area contributed by atoms with E-state index in [0.29, 0.717) is 11.3 Å². The zero-order chi connectivity index (χ0) is 22.8. The number of anilines is 1. The summed E-state index contributed by atoms with van der Waals surface area (Å²) in [5.74, 6) is 0.274. The molecule has 0 bridgehead atoms. The number of aromatic nitrogens is 4. The smallest absolute Gasteiger partial charge is 0.276 e. The zero-order valence-electron chi connectivity index (χ0n) is 17.9. The van der Waals surface area contributed by atoms with Gasteiger partial charge in [-0.1, -0.05) is 30.3 Å². The molecule has 0 saturated carbocycles. The maximum atomic E-state index is 13.2. The van der Waals surface area contributed by atoms with E-state index >= 15 is 0 Å². The Balaban J connectivity index is 1.40. The number of carbonyl (C=O) groups is 1. The molecule has 0 radical (unpaired) electrons. The van der Waals surface area contributed by atoms with Crippen LogP contribution in [0, 0.1) is 5.82 Å². The van der Waals surface area contributed by atoms with Crippen molar-refractivity contribution in [2.24, 2.45) is 0 Å². The van der Waals surface area contributed by atoms with E-state index in [1.54, 1.807) is 12.1 Å². The summed E-state index contributed by atoms with van der Waals surface area (Å²) in [6.45, 7) is 1.09. The predicted molar refractivity (Wildman–Crippen MR) is 123 cm³/mol. The van der Waals surface area contributed by atoms with Crippen LogP contribution in [0.3, 0.4) is 0 Å². The minimum absolute atomic E-state index is 0.107. The van der Waals surface area contributed by atoms with Gasteiger partial charge in [-0.3, -0.25) is 9.59 Å². The van der Waals surface area contributed by atoms with Gasteiger partial charge in [-0.05, 0) is 42.7 Å². The maximum Gasteiger partial charge on any atom is 0.276 e. The van der Waals surface area contributed by atoms with Gasteiger partial charge in [-0.15, -0.1) is 0 Å². The molecule has 33 heavy (non-hydrogen) atoms. The third-order valence-corrected chi connectivity index (χ3v) is 5.70. The first kappa shape index (κ1) is 20.8. The van der Waals surface area contributed by atoms with Crippen LogP contribution in [0.15, 0.2) is 71.7 Å². The van der Waals surface area contributed by atoms with Crippen LogP contribution in [0.2, 0.25) is 0 Å². The van der Waals surface area contributed by atoms with Gasteiger partial charge >= 0.3 is 0 Å². The molecule has 0 aliphatic carbocycles. The highest BCUT2D eigenvalue weighted by Gasteiger charge is 2.17. The molecule has 1 amide bonds. The Morgan fingerprint density at radius 1 is 1.03 bits per heavy atom. The SMILES string of the molecule is O=C(Nc1ccccc1-c1cn2c(n1)CCCC2)c1ccc(=O)n(Cc2ccc(F)cc2)n1. The average Bonchev–Trinajstić information content (AvgIpc) is 3.26. The fourth-order valence-electron chi connectivity index (χ4n) is 3.99. The third kappa shape index (κ3) is 4.45. The van der Waals surface area contributed by atoms with Crippen LogP contribution in [0.25, 0.3) is 11.3 Å². The number of para-hydroxylation sites is 1. The van der Waals surface area contributed by atoms with E-state index in [1.165, 1.54) is 28.9 Å². The van der Waals surface area contributed by atoms with Crippen LogP contribution in [0.5, 0.6) is 0 Å². The molecule has 1 aliphatic heterocycles. The van der Waals surface area contributed by atoms with E-state index in [0.717, 1.165) is 42.9 Å². The highest BCUT2D eigenvalue weighted by atomic mass is 19.1. The fourth-order valence-corrected chi connectivity index (χ4v) is 3.99. The topological polar surface area (TPSA) is 81.8 Å². The van der Waals surface area contributed by atoms with Gasteiger partial charge in [0.15, 0.2) is 0 Å². The molecule has 1 aliphatic rings. The van der Waals surface area contributed by atoms with Crippen LogP contribution in [0.4, 0.5) is 10.1 Å². The summed E-state index contributed by atoms with van der Waals surface area (Å²) in [5, 5.41) is 7.13. The van der Waals surface area contributed by atoms with E-state index in [1.807, 2.05) is 30.5 Å². The second-order valence-electron chi connectivity index (χ2n) is 8.03. The van der Waals surface area contributed by atoms with E-state index in [-0.39, 0.29) is 23.6 Å². The summed E-state index contributed by atoms with van der Waals surface area (Å²) < 4.78 is 16.5. The first-order valence-electron chi connectivity index (χ1n) is 10.9. The minimum Gasteiger partial charge on any atom is -0.334 e. The number of halogens is 1. The number of hydrogen-bond donors (Lipinski definition) is 1. The third-order valence-electron chi connectivity index (χ3n) is 5.70. The van der Waals surface area contributed by atoms with Gasteiger partial charge in [0, 0.05) is 30.8 Å². The standard InChI is InChI=1S/C25H22FN5O2/c26-18-10-8-17(9-11-18)15-31-24(32)13-12-21(29-31)25(33)28-20-6-2-1-5-19(20)22-16-30-14-4-3-7-23(30)27-22/h1-2,5-6,8-13,16H,3-4,7,14-15H2,(H,28,33). The van der Waals surface area contributed by atoms with E-state index in [9.17, 15) is 14.0 Å². The largest absolute Gasteiger partial charge is 0.334 e. The minimum atomic E-state index is -0.431. The molecular formula is C25H22FN5O2. The van der Waals surface area contributed by atoms with Crippen LogP contribution in [-0.4, -0.2) is 25.2 Å². The lowest BCUT2D eigenvalue weighted by Crippen LogP contribution is -2.26. The van der Waals surface area contributed by atoms with Gasteiger partial charge in [0.25, 0.3) is 11.5 Å². The van der Waals surface area contributed by atoms with Crippen molar-refractivity contribution in [3.05, 3.63) is 100 Å². The molecule has 0 fully saturated rings. The van der Waals surface area contributed by atoms with Crippen molar-refractivity contribution in [1.82, 2.24) is 19.3 Å². The van der Waals surface area contributed by atoms with Gasteiger partial charge in [-0.2, -0.15) is 5.10 Å². The summed E-state index contributed by atoms with van der Waals surface area (Å²) >= 11 is 0. The number of nitrogens with zero attached hydrogens (tertiary/aromatic N) is 4. The molecule has 5 rings (SSSR count). The second-order valence-corrected chi connectivity index (χ2v) is 8.03.